The highest BCUT2D eigenvalue weighted by atomic mass is 16.2. The van der Waals surface area contributed by atoms with Gasteiger partial charge in [-0.1, -0.05) is 51.1 Å². The van der Waals surface area contributed by atoms with Gasteiger partial charge >= 0.3 is 0 Å². The van der Waals surface area contributed by atoms with E-state index in [4.69, 9.17) is 5.73 Å². The molecule has 1 aromatic carbocycles. The maximum absolute atomic E-state index is 12.8. The molecule has 1 heterocycles. The molecule has 0 radical (unpaired) electrons. The van der Waals surface area contributed by atoms with Crippen LogP contribution >= 0.6 is 0 Å². The molecule has 2 N–H and O–H groups in total. The zero-order valence-corrected chi connectivity index (χ0v) is 15.1. The molecule has 0 saturated carbocycles. The first-order chi connectivity index (χ1) is 11.4. The van der Waals surface area contributed by atoms with E-state index >= 15 is 0 Å². The van der Waals surface area contributed by atoms with Crippen molar-refractivity contribution in [2.24, 2.45) is 11.1 Å². The summed E-state index contributed by atoms with van der Waals surface area (Å²) in [7, 11) is 1.83. The van der Waals surface area contributed by atoms with Gasteiger partial charge in [0, 0.05) is 13.6 Å². The molecule has 1 aromatic heterocycles. The Labute approximate surface area is 144 Å². The van der Waals surface area contributed by atoms with Crippen molar-refractivity contribution in [3.05, 3.63) is 53.3 Å². The molecule has 130 valence electrons. The molecule has 0 atom stereocenters. The predicted molar refractivity (Wildman–Crippen MR) is 96.9 cm³/mol. The molecule has 1 amide bonds. The van der Waals surface area contributed by atoms with Gasteiger partial charge in [-0.2, -0.15) is 5.10 Å². The van der Waals surface area contributed by atoms with Crippen LogP contribution in [-0.2, 0) is 13.0 Å². The van der Waals surface area contributed by atoms with Crippen LogP contribution in [0.25, 0.3) is 0 Å². The molecule has 0 fully saturated rings. The van der Waals surface area contributed by atoms with Crippen LogP contribution in [0.2, 0.25) is 0 Å². The van der Waals surface area contributed by atoms with E-state index in [0.717, 1.165) is 12.1 Å². The summed E-state index contributed by atoms with van der Waals surface area (Å²) in [6, 6.07) is 10.2. The topological polar surface area (TPSA) is 64.2 Å². The molecular formula is C19H28N4O. The second-order valence-electron chi connectivity index (χ2n) is 7.03. The van der Waals surface area contributed by atoms with Crippen molar-refractivity contribution in [2.75, 3.05) is 20.1 Å². The van der Waals surface area contributed by atoms with Gasteiger partial charge in [-0.05, 0) is 23.9 Å². The summed E-state index contributed by atoms with van der Waals surface area (Å²) < 4.78 is 1.92. The van der Waals surface area contributed by atoms with Crippen molar-refractivity contribution in [2.45, 2.75) is 33.7 Å². The Kier molecular flexibility index (Phi) is 5.78. The van der Waals surface area contributed by atoms with Crippen molar-refractivity contribution in [1.29, 1.82) is 0 Å². The number of amides is 1. The van der Waals surface area contributed by atoms with Crippen molar-refractivity contribution in [3.63, 3.8) is 0 Å². The molecule has 0 saturated heterocycles. The minimum Gasteiger partial charge on any atom is -0.341 e. The summed E-state index contributed by atoms with van der Waals surface area (Å²) in [5.41, 5.74) is 8.52. The second kappa shape index (κ2) is 7.62. The fourth-order valence-corrected chi connectivity index (χ4v) is 2.84. The third-order valence-electron chi connectivity index (χ3n) is 4.25. The molecule has 0 aliphatic heterocycles. The Balaban J connectivity index is 2.20. The van der Waals surface area contributed by atoms with E-state index < -0.39 is 0 Å². The number of aromatic nitrogens is 2. The van der Waals surface area contributed by atoms with Gasteiger partial charge in [-0.3, -0.25) is 9.48 Å². The molecule has 5 nitrogen and oxygen atoms in total. The first-order valence-corrected chi connectivity index (χ1v) is 8.42. The largest absolute Gasteiger partial charge is 0.341 e. The van der Waals surface area contributed by atoms with Gasteiger partial charge in [0.25, 0.3) is 5.91 Å². The molecule has 0 bridgehead atoms. The quantitative estimate of drug-likeness (QED) is 0.849. The summed E-state index contributed by atoms with van der Waals surface area (Å²) in [4.78, 5) is 14.6. The van der Waals surface area contributed by atoms with Gasteiger partial charge in [0.05, 0.1) is 24.0 Å². The van der Waals surface area contributed by atoms with Crippen molar-refractivity contribution in [1.82, 2.24) is 14.7 Å². The summed E-state index contributed by atoms with van der Waals surface area (Å²) >= 11 is 0. The van der Waals surface area contributed by atoms with E-state index in [2.05, 4.69) is 38.0 Å². The van der Waals surface area contributed by atoms with Gasteiger partial charge in [-0.15, -0.1) is 0 Å². The first kappa shape index (κ1) is 18.2. The van der Waals surface area contributed by atoms with Crippen LogP contribution in [-0.4, -0.2) is 40.7 Å². The van der Waals surface area contributed by atoms with Gasteiger partial charge in [-0.25, -0.2) is 0 Å². The number of hydrogen-bond acceptors (Lipinski definition) is 3. The third kappa shape index (κ3) is 4.23. The van der Waals surface area contributed by atoms with Crippen LogP contribution in [0.4, 0.5) is 0 Å². The Bertz CT molecular complexity index is 676. The predicted octanol–water partition coefficient (Wildman–Crippen LogP) is 2.55. The molecule has 0 aliphatic rings. The lowest BCUT2D eigenvalue weighted by Crippen LogP contribution is -2.40. The summed E-state index contributed by atoms with van der Waals surface area (Å²) in [6.45, 7) is 8.02. The molecule has 0 unspecified atom stereocenters. The van der Waals surface area contributed by atoms with E-state index in [1.54, 1.807) is 11.1 Å². The SMILES string of the molecule is CCc1c(C(=O)N(C)CC(C)(C)CN)cnn1Cc1ccccc1. The lowest BCUT2D eigenvalue weighted by molar-refractivity contribution is 0.0739. The highest BCUT2D eigenvalue weighted by Crippen LogP contribution is 2.18. The van der Waals surface area contributed by atoms with Crippen LogP contribution in [0.5, 0.6) is 0 Å². The van der Waals surface area contributed by atoms with E-state index in [1.807, 2.05) is 29.9 Å². The summed E-state index contributed by atoms with van der Waals surface area (Å²) in [5, 5.41) is 4.45. The van der Waals surface area contributed by atoms with Gasteiger partial charge in [0.1, 0.15) is 0 Å². The molecule has 2 rings (SSSR count). The Morgan fingerprint density at radius 2 is 1.96 bits per heavy atom. The fraction of sp³-hybridized carbons (Fsp3) is 0.474. The number of benzene rings is 1. The Morgan fingerprint density at radius 3 is 2.54 bits per heavy atom. The van der Waals surface area contributed by atoms with Gasteiger partial charge in [0.2, 0.25) is 0 Å². The zero-order valence-electron chi connectivity index (χ0n) is 15.1. The Hall–Kier alpha value is -2.14. The van der Waals surface area contributed by atoms with Crippen LogP contribution < -0.4 is 5.73 Å². The average Bonchev–Trinajstić information content (AvgIpc) is 2.97. The maximum Gasteiger partial charge on any atom is 0.257 e. The summed E-state index contributed by atoms with van der Waals surface area (Å²) in [6.07, 6.45) is 2.46. The molecule has 0 spiro atoms. The van der Waals surface area contributed by atoms with Crippen LogP contribution in [0.3, 0.4) is 0 Å². The van der Waals surface area contributed by atoms with E-state index in [9.17, 15) is 4.79 Å². The zero-order chi connectivity index (χ0) is 17.7. The molecule has 0 aliphatic carbocycles. The normalized spacial score (nSPS) is 11.5. The Morgan fingerprint density at radius 1 is 1.29 bits per heavy atom. The monoisotopic (exact) mass is 328 g/mol. The maximum atomic E-state index is 12.8. The summed E-state index contributed by atoms with van der Waals surface area (Å²) in [5.74, 6) is 0.00712. The number of nitrogens with zero attached hydrogens (tertiary/aromatic N) is 3. The minimum atomic E-state index is -0.100. The van der Waals surface area contributed by atoms with Gasteiger partial charge < -0.3 is 10.6 Å². The number of carbonyl (C=O) groups is 1. The number of hydrogen-bond donors (Lipinski definition) is 1. The van der Waals surface area contributed by atoms with E-state index in [1.165, 1.54) is 5.56 Å². The molecular weight excluding hydrogens is 300 g/mol. The van der Waals surface area contributed by atoms with Crippen LogP contribution in [0.1, 0.15) is 42.4 Å². The number of carbonyl (C=O) groups excluding carboxylic acids is 1. The molecule has 24 heavy (non-hydrogen) atoms. The molecule has 2 aromatic rings. The van der Waals surface area contributed by atoms with Crippen LogP contribution in [0.15, 0.2) is 36.5 Å². The molecule has 5 heteroatoms. The smallest absolute Gasteiger partial charge is 0.257 e. The highest BCUT2D eigenvalue weighted by Gasteiger charge is 2.24. The van der Waals surface area contributed by atoms with Gasteiger partial charge in [0.15, 0.2) is 0 Å². The average molecular weight is 328 g/mol. The lowest BCUT2D eigenvalue weighted by Gasteiger charge is -2.29. The minimum absolute atomic E-state index is 0.00712. The highest BCUT2D eigenvalue weighted by molar-refractivity contribution is 5.95. The second-order valence-corrected chi connectivity index (χ2v) is 7.03. The van der Waals surface area contributed by atoms with Crippen molar-refractivity contribution < 1.29 is 4.79 Å². The van der Waals surface area contributed by atoms with E-state index in [0.29, 0.717) is 25.2 Å². The standard InChI is InChI=1S/C19H28N4O/c1-5-17-16(18(24)22(4)14-19(2,3)13-20)11-21-23(17)12-15-9-7-6-8-10-15/h6-11H,5,12-14,20H2,1-4H3. The number of nitrogens with two attached hydrogens (primary N) is 1. The third-order valence-corrected chi connectivity index (χ3v) is 4.25. The lowest BCUT2D eigenvalue weighted by atomic mass is 9.93. The van der Waals surface area contributed by atoms with Crippen LogP contribution in [0, 0.1) is 5.41 Å². The van der Waals surface area contributed by atoms with E-state index in [-0.39, 0.29) is 11.3 Å². The van der Waals surface area contributed by atoms with Crippen molar-refractivity contribution >= 4 is 5.91 Å². The van der Waals surface area contributed by atoms with Crippen molar-refractivity contribution in [3.8, 4) is 0 Å². The first-order valence-electron chi connectivity index (χ1n) is 8.42. The number of rotatable bonds is 7. The fourth-order valence-electron chi connectivity index (χ4n) is 2.84.